The Morgan fingerprint density at radius 3 is 2.37 bits per heavy atom. The molecule has 0 spiro atoms. The Morgan fingerprint density at radius 2 is 1.80 bits per heavy atom. The molecule has 0 aromatic rings. The normalized spacial score (nSPS) is 28.0. The number of aliphatic imine (C=N–C) groups is 1. The Hall–Kier alpha value is -1.94. The van der Waals surface area contributed by atoms with Gasteiger partial charge in [0.15, 0.2) is 5.96 Å². The lowest BCUT2D eigenvalue weighted by Crippen LogP contribution is -2.43. The minimum Gasteiger partial charge on any atom is -0.357 e. The number of sulfonamides is 1. The van der Waals surface area contributed by atoms with Crippen LogP contribution in [0.5, 0.6) is 0 Å². The first-order valence-corrected chi connectivity index (χ1v) is 12.4. The fourth-order valence-corrected chi connectivity index (χ4v) is 5.50. The Balaban J connectivity index is 1.45. The molecule has 9 nitrogen and oxygen atoms in total. The highest BCUT2D eigenvalue weighted by molar-refractivity contribution is 7.89. The van der Waals surface area contributed by atoms with Crippen molar-refractivity contribution in [1.82, 2.24) is 19.8 Å². The van der Waals surface area contributed by atoms with Crippen LogP contribution in [0, 0.1) is 23.7 Å². The molecule has 0 aromatic carbocycles. The third kappa shape index (κ3) is 4.54. The van der Waals surface area contributed by atoms with Gasteiger partial charge in [0.1, 0.15) is 0 Å². The summed E-state index contributed by atoms with van der Waals surface area (Å²) in [5.41, 5.74) is 0. The molecule has 2 amide bonds. The number of carbonyl (C=O) groups is 2. The molecule has 1 saturated heterocycles. The summed E-state index contributed by atoms with van der Waals surface area (Å²) in [6.45, 7) is 5.89. The third-order valence-electron chi connectivity index (χ3n) is 6.27. The molecule has 4 unspecified atom stereocenters. The fraction of sp³-hybridized carbons (Fsp3) is 0.750. The minimum atomic E-state index is -3.17. The second kappa shape index (κ2) is 9.47. The average Bonchev–Trinajstić information content (AvgIpc) is 3.40. The molecule has 3 aliphatic rings. The van der Waals surface area contributed by atoms with Crippen LogP contribution in [-0.4, -0.2) is 80.9 Å². The molecule has 1 saturated carbocycles. The minimum absolute atomic E-state index is 0.0363. The molecule has 0 aromatic heterocycles. The number of rotatable bonds is 10. The second-order valence-electron chi connectivity index (χ2n) is 8.09. The van der Waals surface area contributed by atoms with Gasteiger partial charge in [0.05, 0.1) is 17.6 Å². The molecule has 2 fully saturated rings. The van der Waals surface area contributed by atoms with E-state index in [1.807, 2.05) is 6.92 Å². The van der Waals surface area contributed by atoms with Crippen molar-refractivity contribution >= 4 is 27.8 Å². The topological polar surface area (TPSA) is 111 Å². The number of hydrogen-bond donors (Lipinski definition) is 2. The van der Waals surface area contributed by atoms with Crippen LogP contribution in [0.3, 0.4) is 0 Å². The van der Waals surface area contributed by atoms with E-state index < -0.39 is 10.0 Å². The van der Waals surface area contributed by atoms with Crippen LogP contribution < -0.4 is 10.6 Å². The van der Waals surface area contributed by atoms with Gasteiger partial charge in [-0.1, -0.05) is 12.2 Å². The number of amides is 2. The molecule has 2 aliphatic carbocycles. The lowest BCUT2D eigenvalue weighted by molar-refractivity contribution is -0.140. The molecule has 4 atom stereocenters. The zero-order chi connectivity index (χ0) is 21.9. The van der Waals surface area contributed by atoms with Crippen LogP contribution >= 0.6 is 0 Å². The van der Waals surface area contributed by atoms with Gasteiger partial charge in [0.2, 0.25) is 21.8 Å². The summed E-state index contributed by atoms with van der Waals surface area (Å²) in [6.07, 6.45) is 5.73. The number of likely N-dealkylation sites (tertiary alicyclic amines) is 1. The van der Waals surface area contributed by atoms with E-state index in [9.17, 15) is 18.0 Å². The summed E-state index contributed by atoms with van der Waals surface area (Å²) < 4.78 is 24.9. The standard InChI is InChI=1S/C20H33N5O4S/c1-4-21-20(22-9-6-11-24(3)30(28,29)5-2)23-10-12-25-18(26)16-14-7-8-15(13-14)17(16)19(25)27/h7-8,14-17H,4-6,9-13H2,1-3H3,(H2,21,22,23). The number of hydrogen-bond acceptors (Lipinski definition) is 5. The van der Waals surface area contributed by atoms with Crippen molar-refractivity contribution in [3.05, 3.63) is 12.2 Å². The van der Waals surface area contributed by atoms with E-state index in [1.54, 1.807) is 14.0 Å². The highest BCUT2D eigenvalue weighted by Crippen LogP contribution is 2.52. The van der Waals surface area contributed by atoms with Crippen LogP contribution in [0.15, 0.2) is 17.1 Å². The van der Waals surface area contributed by atoms with Crippen LogP contribution in [0.4, 0.5) is 0 Å². The third-order valence-corrected chi connectivity index (χ3v) is 8.14. The number of carbonyl (C=O) groups excluding carboxylic acids is 2. The van der Waals surface area contributed by atoms with Gasteiger partial charge >= 0.3 is 0 Å². The summed E-state index contributed by atoms with van der Waals surface area (Å²) in [4.78, 5) is 31.3. The van der Waals surface area contributed by atoms with E-state index in [1.165, 1.54) is 9.21 Å². The quantitative estimate of drug-likeness (QED) is 0.163. The van der Waals surface area contributed by atoms with Crippen molar-refractivity contribution in [3.63, 3.8) is 0 Å². The largest absolute Gasteiger partial charge is 0.357 e. The maximum Gasteiger partial charge on any atom is 0.233 e. The molecule has 2 bridgehead atoms. The van der Waals surface area contributed by atoms with Crippen LogP contribution in [0.2, 0.25) is 0 Å². The number of guanidine groups is 1. The smallest absolute Gasteiger partial charge is 0.233 e. The van der Waals surface area contributed by atoms with Gasteiger partial charge in [-0.05, 0) is 38.5 Å². The summed E-state index contributed by atoms with van der Waals surface area (Å²) >= 11 is 0. The Morgan fingerprint density at radius 1 is 1.17 bits per heavy atom. The number of imide groups is 1. The molecule has 2 N–H and O–H groups in total. The lowest BCUT2D eigenvalue weighted by Gasteiger charge is -2.19. The number of nitrogens with zero attached hydrogens (tertiary/aromatic N) is 3. The van der Waals surface area contributed by atoms with Crippen LogP contribution in [-0.2, 0) is 19.6 Å². The Labute approximate surface area is 179 Å². The monoisotopic (exact) mass is 439 g/mol. The maximum absolute atomic E-state index is 12.7. The average molecular weight is 440 g/mol. The Kier molecular flexibility index (Phi) is 7.18. The first-order chi connectivity index (χ1) is 14.3. The molecule has 3 rings (SSSR count). The van der Waals surface area contributed by atoms with Crippen molar-refractivity contribution in [1.29, 1.82) is 0 Å². The molecule has 1 aliphatic heterocycles. The first-order valence-electron chi connectivity index (χ1n) is 10.8. The van der Waals surface area contributed by atoms with Gasteiger partial charge in [0.25, 0.3) is 0 Å². The van der Waals surface area contributed by atoms with Gasteiger partial charge in [-0.25, -0.2) is 12.7 Å². The lowest BCUT2D eigenvalue weighted by atomic mass is 9.85. The van der Waals surface area contributed by atoms with E-state index >= 15 is 0 Å². The molecule has 168 valence electrons. The van der Waals surface area contributed by atoms with E-state index in [4.69, 9.17) is 0 Å². The van der Waals surface area contributed by atoms with E-state index in [-0.39, 0.29) is 41.2 Å². The molecule has 30 heavy (non-hydrogen) atoms. The van der Waals surface area contributed by atoms with E-state index in [0.29, 0.717) is 45.1 Å². The predicted octanol–water partition coefficient (Wildman–Crippen LogP) is 0.0202. The highest BCUT2D eigenvalue weighted by Gasteiger charge is 2.58. The second-order valence-corrected chi connectivity index (χ2v) is 10.5. The number of allylic oxidation sites excluding steroid dienone is 2. The van der Waals surface area contributed by atoms with E-state index in [2.05, 4.69) is 27.8 Å². The highest BCUT2D eigenvalue weighted by atomic mass is 32.2. The zero-order valence-corrected chi connectivity index (χ0v) is 18.8. The molecule has 0 radical (unpaired) electrons. The SMILES string of the molecule is CCNC(=NCCCN(C)S(=O)(=O)CC)NCCN1C(=O)C2C3C=CC(C3)C2C1=O. The maximum atomic E-state index is 12.7. The summed E-state index contributed by atoms with van der Waals surface area (Å²) in [7, 11) is -1.60. The van der Waals surface area contributed by atoms with E-state index in [0.717, 1.165) is 6.42 Å². The van der Waals surface area contributed by atoms with Gasteiger partial charge < -0.3 is 10.6 Å². The summed E-state index contributed by atoms with van der Waals surface area (Å²) in [6, 6.07) is 0. The van der Waals surface area contributed by atoms with Crippen LogP contribution in [0.1, 0.15) is 26.7 Å². The molecular weight excluding hydrogens is 406 g/mol. The van der Waals surface area contributed by atoms with Gasteiger partial charge in [0, 0.05) is 39.8 Å². The number of nitrogens with one attached hydrogen (secondary N) is 2. The predicted molar refractivity (Wildman–Crippen MR) is 115 cm³/mol. The zero-order valence-electron chi connectivity index (χ0n) is 18.0. The van der Waals surface area contributed by atoms with Gasteiger partial charge in [-0.2, -0.15) is 0 Å². The van der Waals surface area contributed by atoms with Crippen molar-refractivity contribution in [3.8, 4) is 0 Å². The summed E-state index contributed by atoms with van der Waals surface area (Å²) in [5, 5.41) is 6.30. The van der Waals surface area contributed by atoms with Crippen LogP contribution in [0.25, 0.3) is 0 Å². The van der Waals surface area contributed by atoms with Crippen molar-refractivity contribution in [2.24, 2.45) is 28.7 Å². The van der Waals surface area contributed by atoms with Crippen molar-refractivity contribution in [2.75, 3.05) is 45.5 Å². The molecular formula is C20H33N5O4S. The number of fused-ring (bicyclic) bond motifs is 5. The van der Waals surface area contributed by atoms with Crippen molar-refractivity contribution < 1.29 is 18.0 Å². The first kappa shape index (κ1) is 22.7. The molecule has 1 heterocycles. The van der Waals surface area contributed by atoms with Crippen molar-refractivity contribution in [2.45, 2.75) is 26.7 Å². The van der Waals surface area contributed by atoms with Gasteiger partial charge in [-0.15, -0.1) is 0 Å². The Bertz CT molecular complexity index is 795. The fourth-order valence-electron chi connectivity index (χ4n) is 4.66. The molecule has 10 heteroatoms. The van der Waals surface area contributed by atoms with Gasteiger partial charge in [-0.3, -0.25) is 19.5 Å². The summed E-state index contributed by atoms with van der Waals surface area (Å²) in [5.74, 6) is 0.739.